The molecule has 6 heavy (non-hydrogen) atoms. The van der Waals surface area contributed by atoms with Crippen molar-refractivity contribution in [2.24, 2.45) is 0 Å². The van der Waals surface area contributed by atoms with Crippen molar-refractivity contribution >= 4 is 0 Å². The van der Waals surface area contributed by atoms with E-state index in [1.54, 1.807) is 7.05 Å². The molecule has 0 aromatic rings. The standard InChI is InChI=1S/C4H9N.Y/c1-3-4-5-2;/h1,3-4H2,2H3;/q-2;. The van der Waals surface area contributed by atoms with Gasteiger partial charge >= 0.3 is 0 Å². The molecule has 0 rings (SSSR count). The zero-order valence-corrected chi connectivity index (χ0v) is 6.98. The minimum Gasteiger partial charge on any atom is -0.667 e. The minimum absolute atomic E-state index is 0. The van der Waals surface area contributed by atoms with Crippen LogP contribution in [0.4, 0.5) is 0 Å². The van der Waals surface area contributed by atoms with Crippen molar-refractivity contribution < 1.29 is 32.7 Å². The average molecular weight is 160 g/mol. The predicted octanol–water partition coefficient (Wildman–Crippen LogP) is 1.21. The molecule has 0 aromatic carbocycles. The van der Waals surface area contributed by atoms with Crippen molar-refractivity contribution in [2.45, 2.75) is 6.42 Å². The molecule has 0 heterocycles. The zero-order chi connectivity index (χ0) is 4.12. The van der Waals surface area contributed by atoms with E-state index < -0.39 is 0 Å². The third-order valence-corrected chi connectivity index (χ3v) is 0.382. The minimum atomic E-state index is 0. The Morgan fingerprint density at radius 1 is 1.67 bits per heavy atom. The van der Waals surface area contributed by atoms with E-state index in [4.69, 9.17) is 0 Å². The largest absolute Gasteiger partial charge is 0.667 e. The molecule has 1 radical (unpaired) electrons. The molecule has 0 N–H and O–H groups in total. The van der Waals surface area contributed by atoms with E-state index in [-0.39, 0.29) is 32.7 Å². The van der Waals surface area contributed by atoms with Crippen molar-refractivity contribution in [1.29, 1.82) is 0 Å². The van der Waals surface area contributed by atoms with Crippen LogP contribution in [0.25, 0.3) is 5.32 Å². The first-order chi connectivity index (χ1) is 2.41. The van der Waals surface area contributed by atoms with Crippen molar-refractivity contribution in [3.05, 3.63) is 12.2 Å². The fourth-order valence-electron chi connectivity index (χ4n) is 0.158. The van der Waals surface area contributed by atoms with Gasteiger partial charge in [-0.15, -0.1) is 0 Å². The van der Waals surface area contributed by atoms with Gasteiger partial charge in [-0.3, -0.25) is 0 Å². The molecule has 0 aliphatic heterocycles. The van der Waals surface area contributed by atoms with Gasteiger partial charge in [0.05, 0.1) is 0 Å². The van der Waals surface area contributed by atoms with Crippen LogP contribution in [0.3, 0.4) is 0 Å². The summed E-state index contributed by atoms with van der Waals surface area (Å²) >= 11 is 0. The summed E-state index contributed by atoms with van der Waals surface area (Å²) in [5, 5.41) is 3.79. The molecule has 0 aromatic heterocycles. The summed E-state index contributed by atoms with van der Waals surface area (Å²) in [6.45, 7) is 4.48. The van der Waals surface area contributed by atoms with Gasteiger partial charge in [-0.1, -0.05) is 0 Å². The maximum atomic E-state index is 3.79. The predicted molar refractivity (Wildman–Crippen MR) is 24.1 cm³/mol. The van der Waals surface area contributed by atoms with E-state index in [0.717, 1.165) is 13.0 Å². The first kappa shape index (κ1) is 10.1. The molecular formula is C4H9NY-2. The van der Waals surface area contributed by atoms with Crippen molar-refractivity contribution in [3.8, 4) is 0 Å². The Kier molecular flexibility index (Phi) is 15.9. The SMILES string of the molecule is [CH2-]CC[N-]C.[Y]. The van der Waals surface area contributed by atoms with E-state index in [9.17, 15) is 0 Å². The molecule has 0 bridgehead atoms. The molecule has 0 spiro atoms. The van der Waals surface area contributed by atoms with Gasteiger partial charge in [0.2, 0.25) is 0 Å². The van der Waals surface area contributed by atoms with E-state index in [2.05, 4.69) is 12.2 Å². The molecule has 0 unspecified atom stereocenters. The third kappa shape index (κ3) is 8.91. The molecule has 0 saturated heterocycles. The van der Waals surface area contributed by atoms with Gasteiger partial charge < -0.3 is 12.2 Å². The maximum Gasteiger partial charge on any atom is 0 e. The van der Waals surface area contributed by atoms with E-state index in [1.165, 1.54) is 0 Å². The van der Waals surface area contributed by atoms with Gasteiger partial charge in [0.25, 0.3) is 0 Å². The molecule has 0 fully saturated rings. The van der Waals surface area contributed by atoms with Gasteiger partial charge in [-0.05, 0) is 0 Å². The van der Waals surface area contributed by atoms with Gasteiger partial charge in [0.15, 0.2) is 0 Å². The first-order valence-electron chi connectivity index (χ1n) is 1.76. The van der Waals surface area contributed by atoms with Gasteiger partial charge in [0.1, 0.15) is 0 Å². The Balaban J connectivity index is 0. The second-order valence-electron chi connectivity index (χ2n) is 0.893. The Bertz CT molecular complexity index is 15.0. The van der Waals surface area contributed by atoms with Gasteiger partial charge in [0, 0.05) is 32.7 Å². The van der Waals surface area contributed by atoms with E-state index in [0.29, 0.717) is 0 Å². The number of rotatable bonds is 2. The number of hydrogen-bond donors (Lipinski definition) is 0. The fourth-order valence-corrected chi connectivity index (χ4v) is 0.158. The summed E-state index contributed by atoms with van der Waals surface area (Å²) in [6.07, 6.45) is 0.927. The molecule has 0 aliphatic rings. The first-order valence-corrected chi connectivity index (χ1v) is 1.76. The van der Waals surface area contributed by atoms with Crippen molar-refractivity contribution in [1.82, 2.24) is 0 Å². The Morgan fingerprint density at radius 3 is 2.17 bits per heavy atom. The average Bonchev–Trinajstić information content (AvgIpc) is 1.41. The molecular weight excluding hydrogens is 151 g/mol. The summed E-state index contributed by atoms with van der Waals surface area (Å²) < 4.78 is 0. The molecule has 0 saturated carbocycles. The van der Waals surface area contributed by atoms with Crippen LogP contribution in [0.5, 0.6) is 0 Å². The summed E-state index contributed by atoms with van der Waals surface area (Å²) in [6, 6.07) is 0. The second kappa shape index (κ2) is 9.42. The summed E-state index contributed by atoms with van der Waals surface area (Å²) in [5.41, 5.74) is 0. The van der Waals surface area contributed by atoms with Crippen LogP contribution in [-0.4, -0.2) is 13.6 Å². The molecule has 0 amide bonds. The van der Waals surface area contributed by atoms with Crippen LogP contribution < -0.4 is 0 Å². The quantitative estimate of drug-likeness (QED) is 0.539. The van der Waals surface area contributed by atoms with Gasteiger partial charge in [-0.2, -0.15) is 13.6 Å². The molecule has 35 valence electrons. The maximum absolute atomic E-state index is 3.79. The molecule has 1 nitrogen and oxygen atoms in total. The fraction of sp³-hybridized carbons (Fsp3) is 0.750. The summed E-state index contributed by atoms with van der Waals surface area (Å²) in [4.78, 5) is 0. The Labute approximate surface area is 64.8 Å². The van der Waals surface area contributed by atoms with E-state index >= 15 is 0 Å². The van der Waals surface area contributed by atoms with Crippen LogP contribution in [0.15, 0.2) is 0 Å². The summed E-state index contributed by atoms with van der Waals surface area (Å²) in [7, 11) is 1.80. The van der Waals surface area contributed by atoms with Crippen LogP contribution in [0.2, 0.25) is 0 Å². The number of nitrogens with zero attached hydrogens (tertiary/aromatic N) is 1. The Hall–Kier alpha value is 1.06. The van der Waals surface area contributed by atoms with E-state index in [1.807, 2.05) is 0 Å². The van der Waals surface area contributed by atoms with Gasteiger partial charge in [-0.25, -0.2) is 6.42 Å². The molecule has 0 aliphatic carbocycles. The monoisotopic (exact) mass is 160 g/mol. The smallest absolute Gasteiger partial charge is 0 e. The van der Waals surface area contributed by atoms with Crippen LogP contribution in [-0.2, 0) is 32.7 Å². The number of hydrogen-bond acceptors (Lipinski definition) is 0. The molecule has 2 heteroatoms. The van der Waals surface area contributed by atoms with Crippen molar-refractivity contribution in [3.63, 3.8) is 0 Å². The molecule has 0 atom stereocenters. The van der Waals surface area contributed by atoms with Crippen molar-refractivity contribution in [2.75, 3.05) is 13.6 Å². The third-order valence-electron chi connectivity index (χ3n) is 0.382. The van der Waals surface area contributed by atoms with Crippen LogP contribution in [0, 0.1) is 6.92 Å². The Morgan fingerprint density at radius 2 is 2.17 bits per heavy atom. The topological polar surface area (TPSA) is 14.1 Å². The summed E-state index contributed by atoms with van der Waals surface area (Å²) in [5.74, 6) is 0. The second-order valence-corrected chi connectivity index (χ2v) is 0.893. The van der Waals surface area contributed by atoms with Crippen LogP contribution >= 0.6 is 0 Å². The normalized spacial score (nSPS) is 7.00. The zero-order valence-electron chi connectivity index (χ0n) is 4.15. The van der Waals surface area contributed by atoms with Crippen LogP contribution in [0.1, 0.15) is 6.42 Å².